The van der Waals surface area contributed by atoms with Crippen LogP contribution in [-0.4, -0.2) is 38.0 Å². The summed E-state index contributed by atoms with van der Waals surface area (Å²) in [6, 6.07) is 0.171. The monoisotopic (exact) mass is 203 g/mol. The Labute approximate surface area is 87.8 Å². The number of likely N-dealkylation sites (N-methyl/N-ethyl adjacent to an activating group) is 1. The first-order valence-electron chi connectivity index (χ1n) is 5.35. The van der Waals surface area contributed by atoms with Crippen molar-refractivity contribution in [2.45, 2.75) is 39.7 Å². The third-order valence-electron chi connectivity index (χ3n) is 2.24. The molecule has 1 atom stereocenters. The number of nitrogens with one attached hydrogen (secondary N) is 1. The van der Waals surface area contributed by atoms with Crippen molar-refractivity contribution in [2.75, 3.05) is 26.9 Å². The number of aliphatic hydroxyl groups is 1. The molecule has 0 saturated heterocycles. The molecule has 3 heteroatoms. The normalized spacial score (nSPS) is 14.4. The van der Waals surface area contributed by atoms with E-state index in [0.717, 1.165) is 26.1 Å². The average Bonchev–Trinajstić information content (AvgIpc) is 2.09. The maximum atomic E-state index is 8.89. The van der Waals surface area contributed by atoms with E-state index < -0.39 is 0 Å². The minimum Gasteiger partial charge on any atom is -0.395 e. The van der Waals surface area contributed by atoms with Crippen LogP contribution in [-0.2, 0) is 4.74 Å². The van der Waals surface area contributed by atoms with Crippen LogP contribution in [0.4, 0.5) is 0 Å². The smallest absolute Gasteiger partial charge is 0.0585 e. The van der Waals surface area contributed by atoms with Gasteiger partial charge in [-0.2, -0.15) is 0 Å². The second-order valence-corrected chi connectivity index (χ2v) is 4.88. The zero-order valence-corrected chi connectivity index (χ0v) is 9.97. The van der Waals surface area contributed by atoms with Crippen molar-refractivity contribution in [3.63, 3.8) is 0 Å². The van der Waals surface area contributed by atoms with Gasteiger partial charge in [0.25, 0.3) is 0 Å². The van der Waals surface area contributed by atoms with Gasteiger partial charge in [0.15, 0.2) is 0 Å². The number of aliphatic hydroxyl groups excluding tert-OH is 1. The quantitative estimate of drug-likeness (QED) is 0.615. The minimum absolute atomic E-state index is 0.171. The molecule has 3 nitrogen and oxygen atoms in total. The molecule has 0 bridgehead atoms. The van der Waals surface area contributed by atoms with Crippen molar-refractivity contribution in [1.82, 2.24) is 5.32 Å². The first-order valence-corrected chi connectivity index (χ1v) is 5.35. The Balaban J connectivity index is 3.29. The first kappa shape index (κ1) is 13.9. The van der Waals surface area contributed by atoms with Gasteiger partial charge in [0.05, 0.1) is 6.61 Å². The fraction of sp³-hybridized carbons (Fsp3) is 1.00. The first-order chi connectivity index (χ1) is 6.49. The zero-order chi connectivity index (χ0) is 11.0. The Morgan fingerprint density at radius 1 is 1.29 bits per heavy atom. The predicted octanol–water partition coefficient (Wildman–Crippen LogP) is 1.41. The lowest BCUT2D eigenvalue weighted by Gasteiger charge is -2.18. The molecule has 0 aromatic heterocycles. The van der Waals surface area contributed by atoms with Crippen LogP contribution in [0, 0.1) is 5.41 Å². The highest BCUT2D eigenvalue weighted by atomic mass is 16.5. The second-order valence-electron chi connectivity index (χ2n) is 4.88. The summed E-state index contributed by atoms with van der Waals surface area (Å²) < 4.78 is 5.49. The van der Waals surface area contributed by atoms with Crippen LogP contribution in [0.1, 0.15) is 33.6 Å². The summed E-state index contributed by atoms with van der Waals surface area (Å²) in [6.07, 6.45) is 1.95. The Morgan fingerprint density at radius 2 is 1.93 bits per heavy atom. The summed E-state index contributed by atoms with van der Waals surface area (Å²) in [5.74, 6) is 0. The van der Waals surface area contributed by atoms with E-state index in [2.05, 4.69) is 26.1 Å². The lowest BCUT2D eigenvalue weighted by Crippen LogP contribution is -2.30. The van der Waals surface area contributed by atoms with Gasteiger partial charge in [-0.1, -0.05) is 20.8 Å². The van der Waals surface area contributed by atoms with Gasteiger partial charge in [-0.05, 0) is 25.3 Å². The van der Waals surface area contributed by atoms with Gasteiger partial charge in [0, 0.05) is 19.3 Å². The molecule has 0 amide bonds. The molecule has 0 aliphatic heterocycles. The van der Waals surface area contributed by atoms with E-state index in [1.807, 2.05) is 7.05 Å². The molecule has 0 spiro atoms. The van der Waals surface area contributed by atoms with Crippen molar-refractivity contribution in [3.8, 4) is 0 Å². The zero-order valence-electron chi connectivity index (χ0n) is 9.97. The Kier molecular flexibility index (Phi) is 7.15. The lowest BCUT2D eigenvalue weighted by atomic mass is 9.93. The van der Waals surface area contributed by atoms with Gasteiger partial charge in [-0.15, -0.1) is 0 Å². The molecule has 86 valence electrons. The highest BCUT2D eigenvalue weighted by molar-refractivity contribution is 4.62. The number of hydrogen-bond acceptors (Lipinski definition) is 3. The van der Waals surface area contributed by atoms with Crippen LogP contribution < -0.4 is 5.32 Å². The summed E-state index contributed by atoms with van der Waals surface area (Å²) in [4.78, 5) is 0. The SMILES string of the molecule is CNC(CO)CCOCCC(C)(C)C. The summed E-state index contributed by atoms with van der Waals surface area (Å²) in [6.45, 7) is 8.34. The highest BCUT2D eigenvalue weighted by Gasteiger charge is 2.09. The highest BCUT2D eigenvalue weighted by Crippen LogP contribution is 2.17. The molecule has 0 aromatic rings. The molecule has 0 radical (unpaired) electrons. The number of ether oxygens (including phenoxy) is 1. The van der Waals surface area contributed by atoms with Crippen molar-refractivity contribution < 1.29 is 9.84 Å². The summed E-state index contributed by atoms with van der Waals surface area (Å²) in [7, 11) is 1.86. The summed E-state index contributed by atoms with van der Waals surface area (Å²) in [5, 5.41) is 11.9. The predicted molar refractivity (Wildman–Crippen MR) is 59.4 cm³/mol. The summed E-state index contributed by atoms with van der Waals surface area (Å²) >= 11 is 0. The van der Waals surface area contributed by atoms with E-state index in [9.17, 15) is 0 Å². The standard InChI is InChI=1S/C11H25NO2/c1-11(2,3)6-8-14-7-5-10(9-13)12-4/h10,12-13H,5-9H2,1-4H3. The Bertz CT molecular complexity index is 128. The number of hydrogen-bond donors (Lipinski definition) is 2. The van der Waals surface area contributed by atoms with Gasteiger partial charge < -0.3 is 15.2 Å². The van der Waals surface area contributed by atoms with Crippen LogP contribution in [0.25, 0.3) is 0 Å². The van der Waals surface area contributed by atoms with Crippen molar-refractivity contribution in [2.24, 2.45) is 5.41 Å². The topological polar surface area (TPSA) is 41.5 Å². The van der Waals surface area contributed by atoms with Crippen molar-refractivity contribution in [3.05, 3.63) is 0 Å². The van der Waals surface area contributed by atoms with E-state index >= 15 is 0 Å². The van der Waals surface area contributed by atoms with E-state index in [0.29, 0.717) is 5.41 Å². The number of rotatable bonds is 7. The molecule has 0 saturated carbocycles. The van der Waals surface area contributed by atoms with E-state index in [-0.39, 0.29) is 12.6 Å². The second kappa shape index (κ2) is 7.21. The molecule has 1 unspecified atom stereocenters. The van der Waals surface area contributed by atoms with Gasteiger partial charge in [-0.3, -0.25) is 0 Å². The fourth-order valence-electron chi connectivity index (χ4n) is 1.03. The van der Waals surface area contributed by atoms with Crippen LogP contribution in [0.2, 0.25) is 0 Å². The summed E-state index contributed by atoms with van der Waals surface area (Å²) in [5.41, 5.74) is 0.347. The minimum atomic E-state index is 0.171. The third kappa shape index (κ3) is 8.48. The van der Waals surface area contributed by atoms with Crippen molar-refractivity contribution >= 4 is 0 Å². The molecule has 0 aromatic carbocycles. The molecule has 0 rings (SSSR count). The van der Waals surface area contributed by atoms with E-state index in [1.165, 1.54) is 0 Å². The van der Waals surface area contributed by atoms with Gasteiger partial charge in [-0.25, -0.2) is 0 Å². The largest absolute Gasteiger partial charge is 0.395 e. The Morgan fingerprint density at radius 3 is 2.36 bits per heavy atom. The Hall–Kier alpha value is -0.120. The fourth-order valence-corrected chi connectivity index (χ4v) is 1.03. The maximum absolute atomic E-state index is 8.89. The third-order valence-corrected chi connectivity index (χ3v) is 2.24. The van der Waals surface area contributed by atoms with Crippen LogP contribution in [0.5, 0.6) is 0 Å². The molecule has 2 N–H and O–H groups in total. The maximum Gasteiger partial charge on any atom is 0.0585 e. The molecule has 14 heavy (non-hydrogen) atoms. The van der Waals surface area contributed by atoms with Gasteiger partial charge >= 0.3 is 0 Å². The molecular weight excluding hydrogens is 178 g/mol. The van der Waals surface area contributed by atoms with Crippen LogP contribution in [0.3, 0.4) is 0 Å². The van der Waals surface area contributed by atoms with E-state index in [4.69, 9.17) is 9.84 Å². The average molecular weight is 203 g/mol. The van der Waals surface area contributed by atoms with Gasteiger partial charge in [0.1, 0.15) is 0 Å². The molecule has 0 heterocycles. The molecule has 0 aliphatic carbocycles. The lowest BCUT2D eigenvalue weighted by molar-refractivity contribution is 0.0944. The molecular formula is C11H25NO2. The van der Waals surface area contributed by atoms with Crippen LogP contribution in [0.15, 0.2) is 0 Å². The molecule has 0 aliphatic rings. The van der Waals surface area contributed by atoms with Gasteiger partial charge in [0.2, 0.25) is 0 Å². The molecule has 0 fully saturated rings. The van der Waals surface area contributed by atoms with Crippen LogP contribution >= 0.6 is 0 Å². The van der Waals surface area contributed by atoms with E-state index in [1.54, 1.807) is 0 Å². The van der Waals surface area contributed by atoms with Crippen molar-refractivity contribution in [1.29, 1.82) is 0 Å².